The second-order valence-corrected chi connectivity index (χ2v) is 17.6. The number of epoxide rings is 1. The van der Waals surface area contributed by atoms with Gasteiger partial charge in [0.2, 0.25) is 10.4 Å². The molecule has 2 saturated heterocycles. The average molecular weight is 724 g/mol. The summed E-state index contributed by atoms with van der Waals surface area (Å²) < 4.78 is 59.0. The first-order chi connectivity index (χ1) is 22.2. The summed E-state index contributed by atoms with van der Waals surface area (Å²) in [6.07, 6.45) is -4.78. The van der Waals surface area contributed by atoms with Crippen molar-refractivity contribution in [1.82, 2.24) is 0 Å². The molecule has 3 saturated carbocycles. The Labute approximate surface area is 311 Å². The number of ether oxygens (including phenoxy) is 3. The van der Waals surface area contributed by atoms with Crippen LogP contribution in [-0.4, -0.2) is 100 Å². The number of allylic oxidation sites excluding steroid dienone is 2. The quantitative estimate of drug-likeness (QED) is 0.0496. The van der Waals surface area contributed by atoms with E-state index in [0.29, 0.717) is 31.1 Å². The van der Waals surface area contributed by atoms with Crippen molar-refractivity contribution in [2.24, 2.45) is 46.3 Å². The Kier molecular flexibility index (Phi) is 11.3. The van der Waals surface area contributed by atoms with Crippen LogP contribution in [0.3, 0.4) is 0 Å². The predicted octanol–water partition coefficient (Wildman–Crippen LogP) is -2.22. The summed E-state index contributed by atoms with van der Waals surface area (Å²) in [4.78, 5) is 11.5. The molecule has 0 aromatic rings. The van der Waals surface area contributed by atoms with Gasteiger partial charge in [-0.3, -0.25) is 4.18 Å². The van der Waals surface area contributed by atoms with Crippen molar-refractivity contribution in [2.45, 2.75) is 147 Å². The minimum absolute atomic E-state index is 0. The second-order valence-electron chi connectivity index (χ2n) is 16.6. The number of carbonyl (C=O) groups is 1. The molecular weight excluding hydrogens is 671 g/mol. The molecule has 0 radical (unpaired) electrons. The van der Waals surface area contributed by atoms with Gasteiger partial charge in [-0.05, 0) is 98.2 Å². The molecule has 4 N–H and O–H groups in total. The molecular formula is C34H52NaO13S-. The van der Waals surface area contributed by atoms with E-state index < -0.39 is 76.2 Å². The molecule has 274 valence electrons. The van der Waals surface area contributed by atoms with Gasteiger partial charge in [-0.15, -0.1) is 0 Å². The monoisotopic (exact) mass is 723 g/mol. The van der Waals surface area contributed by atoms with Crippen molar-refractivity contribution < 1.29 is 91.2 Å². The Hall–Kier alpha value is -0.200. The van der Waals surface area contributed by atoms with E-state index in [1.54, 1.807) is 0 Å². The summed E-state index contributed by atoms with van der Waals surface area (Å²) in [5.41, 5.74) is -0.671. The number of carboxylic acids is 1. The SMILES string of the molecule is CC(C)[C@H](C)C1OC1C(C)(O)[C@H]1CCC2C3CC(OS(=O)(=O)[O-])C4C[C@@H](OC5OC(C(=O)[O-])C(O)C(O)C5O)CC[C@]4(C)C3=CC[C@@]21C.[Na+]. The molecule has 6 rings (SSSR count). The number of carbonyl (C=O) groups excluding carboxylic acids is 1. The minimum atomic E-state index is -5.08. The van der Waals surface area contributed by atoms with Gasteiger partial charge in [0.05, 0.1) is 29.9 Å². The van der Waals surface area contributed by atoms with Crippen molar-refractivity contribution in [2.75, 3.05) is 0 Å². The third kappa shape index (κ3) is 6.99. The van der Waals surface area contributed by atoms with Crippen molar-refractivity contribution >= 4 is 16.4 Å². The van der Waals surface area contributed by atoms with E-state index in [9.17, 15) is 43.3 Å². The van der Waals surface area contributed by atoms with Crippen LogP contribution >= 0.6 is 0 Å². The van der Waals surface area contributed by atoms with Crippen LogP contribution in [0.15, 0.2) is 11.6 Å². The van der Waals surface area contributed by atoms with Gasteiger partial charge in [-0.2, -0.15) is 0 Å². The number of carboxylic acid groups (broad SMARTS) is 1. The van der Waals surface area contributed by atoms with Gasteiger partial charge in [-0.25, -0.2) is 8.42 Å². The molecule has 13 nitrogen and oxygen atoms in total. The van der Waals surface area contributed by atoms with E-state index in [0.717, 1.165) is 19.3 Å². The molecule has 0 aromatic heterocycles. The van der Waals surface area contributed by atoms with E-state index in [1.165, 1.54) is 5.57 Å². The minimum Gasteiger partial charge on any atom is -0.726 e. The normalized spacial score (nSPS) is 48.2. The zero-order chi connectivity index (χ0) is 35.3. The van der Waals surface area contributed by atoms with Gasteiger partial charge in [0.15, 0.2) is 6.29 Å². The maximum Gasteiger partial charge on any atom is 1.00 e. The Morgan fingerprint density at radius 1 is 1.04 bits per heavy atom. The first-order valence-corrected chi connectivity index (χ1v) is 18.8. The number of rotatable bonds is 9. The van der Waals surface area contributed by atoms with Crippen LogP contribution < -0.4 is 34.7 Å². The topological polar surface area (TPSA) is 218 Å². The summed E-state index contributed by atoms with van der Waals surface area (Å²) in [5, 5.41) is 54.4. The summed E-state index contributed by atoms with van der Waals surface area (Å²) in [6, 6.07) is 0. The molecule has 0 spiro atoms. The first kappa shape index (κ1) is 40.0. The second kappa shape index (κ2) is 13.9. The van der Waals surface area contributed by atoms with Gasteiger partial charge in [0.1, 0.15) is 30.5 Å². The molecule has 0 aromatic carbocycles. The standard InChI is InChI=1S/C34H54O13S.Na/c1-15(2)16(3)27-29(45-27)34(6,40)23-8-7-19-18-14-22(47-48(41,42)43)21-13-17(9-11-32(21,4)20(18)10-12-33(19,23)5)44-31-26(37)24(35)25(36)28(46-31)30(38)39;/h10,15-19,21-29,31,35-37,40H,7-9,11-14H2,1-6H3,(H,38,39)(H,41,42,43);/q;+1/p-2/t16-,17-,18?,19?,21?,22?,23-,24?,25?,26?,27?,28?,29?,31?,32+,33-,34?;/m0./s1. The summed E-state index contributed by atoms with van der Waals surface area (Å²) in [5.74, 6) is -1.49. The van der Waals surface area contributed by atoms with Crippen molar-refractivity contribution in [1.29, 1.82) is 0 Å². The van der Waals surface area contributed by atoms with E-state index in [2.05, 4.69) is 40.7 Å². The molecule has 12 unspecified atom stereocenters. The maximum atomic E-state index is 12.1. The molecule has 0 amide bonds. The molecule has 17 atom stereocenters. The average Bonchev–Trinajstić information content (AvgIpc) is 3.72. The Morgan fingerprint density at radius 3 is 2.33 bits per heavy atom. The Morgan fingerprint density at radius 2 is 1.71 bits per heavy atom. The Bertz CT molecular complexity index is 1390. The summed E-state index contributed by atoms with van der Waals surface area (Å²) in [6.45, 7) is 12.7. The van der Waals surface area contributed by atoms with Gasteiger partial charge < -0.3 is 49.1 Å². The van der Waals surface area contributed by atoms with Crippen LogP contribution in [0.5, 0.6) is 0 Å². The zero-order valence-electron chi connectivity index (χ0n) is 29.6. The third-order valence-electron chi connectivity index (χ3n) is 13.7. The van der Waals surface area contributed by atoms with Crippen LogP contribution in [0.25, 0.3) is 0 Å². The fraction of sp³-hybridized carbons (Fsp3) is 0.912. The molecule has 4 aliphatic carbocycles. The van der Waals surface area contributed by atoms with Crippen LogP contribution in [-0.2, 0) is 33.6 Å². The number of fused-ring (bicyclic) bond motifs is 5. The number of aliphatic carboxylic acids is 1. The van der Waals surface area contributed by atoms with E-state index in [-0.39, 0.29) is 71.4 Å². The molecule has 2 heterocycles. The van der Waals surface area contributed by atoms with Gasteiger partial charge in [0, 0.05) is 0 Å². The van der Waals surface area contributed by atoms with E-state index in [4.69, 9.17) is 18.4 Å². The van der Waals surface area contributed by atoms with Crippen molar-refractivity contribution in [3.8, 4) is 0 Å². The molecule has 5 fully saturated rings. The summed E-state index contributed by atoms with van der Waals surface area (Å²) in [7, 11) is -5.08. The van der Waals surface area contributed by atoms with E-state index in [1.807, 2.05) is 6.92 Å². The van der Waals surface area contributed by atoms with Gasteiger partial charge in [-0.1, -0.05) is 46.3 Å². The molecule has 6 aliphatic rings. The smallest absolute Gasteiger partial charge is 0.726 e. The third-order valence-corrected chi connectivity index (χ3v) is 14.2. The van der Waals surface area contributed by atoms with Gasteiger partial charge >= 0.3 is 29.6 Å². The fourth-order valence-electron chi connectivity index (χ4n) is 10.8. The number of aliphatic hydroxyl groups is 4. The molecule has 49 heavy (non-hydrogen) atoms. The molecule has 2 aliphatic heterocycles. The maximum absolute atomic E-state index is 12.1. The van der Waals surface area contributed by atoms with E-state index >= 15 is 0 Å². The van der Waals surface area contributed by atoms with Crippen LogP contribution in [0.4, 0.5) is 0 Å². The number of hydrogen-bond acceptors (Lipinski definition) is 13. The zero-order valence-corrected chi connectivity index (χ0v) is 32.4. The van der Waals surface area contributed by atoms with Crippen LogP contribution in [0.2, 0.25) is 0 Å². The molecule has 0 bridgehead atoms. The first-order valence-electron chi connectivity index (χ1n) is 17.5. The van der Waals surface area contributed by atoms with Gasteiger partial charge in [0.25, 0.3) is 0 Å². The van der Waals surface area contributed by atoms with Crippen LogP contribution in [0.1, 0.15) is 86.5 Å². The summed E-state index contributed by atoms with van der Waals surface area (Å²) >= 11 is 0. The fourth-order valence-corrected chi connectivity index (χ4v) is 11.3. The van der Waals surface area contributed by atoms with Crippen molar-refractivity contribution in [3.05, 3.63) is 11.6 Å². The predicted molar refractivity (Wildman–Crippen MR) is 165 cm³/mol. The molecule has 15 heteroatoms. The Balaban J connectivity index is 0.00000468. The number of aliphatic hydroxyl groups excluding tert-OH is 3. The van der Waals surface area contributed by atoms with Crippen molar-refractivity contribution in [3.63, 3.8) is 0 Å². The number of hydrogen-bond donors (Lipinski definition) is 4. The van der Waals surface area contributed by atoms with Crippen LogP contribution in [0, 0.1) is 46.3 Å². The largest absolute Gasteiger partial charge is 1.00 e.